The lowest BCUT2D eigenvalue weighted by atomic mass is 10.1. The molecule has 0 atom stereocenters. The van der Waals surface area contributed by atoms with Crippen molar-refractivity contribution in [3.63, 3.8) is 0 Å². The van der Waals surface area contributed by atoms with Crippen LogP contribution in [0.4, 0.5) is 11.4 Å². The van der Waals surface area contributed by atoms with E-state index in [0.29, 0.717) is 37.7 Å². The van der Waals surface area contributed by atoms with Crippen molar-refractivity contribution in [1.29, 1.82) is 0 Å². The summed E-state index contributed by atoms with van der Waals surface area (Å²) in [6, 6.07) is 13.6. The van der Waals surface area contributed by atoms with Crippen LogP contribution < -0.4 is 9.64 Å². The molecule has 1 aliphatic heterocycles. The third kappa shape index (κ3) is 4.04. The van der Waals surface area contributed by atoms with Gasteiger partial charge in [-0.05, 0) is 61.4 Å². The van der Waals surface area contributed by atoms with E-state index in [2.05, 4.69) is 0 Å². The lowest BCUT2D eigenvalue weighted by molar-refractivity contribution is -0.384. The number of ether oxygens (including phenoxy) is 1. The van der Waals surface area contributed by atoms with Crippen LogP contribution in [0.1, 0.15) is 16.9 Å². The van der Waals surface area contributed by atoms with Gasteiger partial charge in [-0.15, -0.1) is 0 Å². The van der Waals surface area contributed by atoms with Gasteiger partial charge in [-0.1, -0.05) is 30.0 Å². The van der Waals surface area contributed by atoms with E-state index in [-0.39, 0.29) is 11.6 Å². The third-order valence-electron chi connectivity index (χ3n) is 5.11. The number of carbonyl (C=O) groups excluding carboxylic acids is 1. The molecule has 0 N–H and O–H groups in total. The Bertz CT molecular complexity index is 1300. The van der Waals surface area contributed by atoms with E-state index in [1.54, 1.807) is 30.3 Å². The number of nitrogens with zero attached hydrogens (tertiary/aromatic N) is 2. The molecule has 1 fully saturated rings. The number of aryl methyl sites for hydroxylation is 2. The van der Waals surface area contributed by atoms with Crippen molar-refractivity contribution >= 4 is 51.7 Å². The van der Waals surface area contributed by atoms with Crippen LogP contribution in [0.3, 0.4) is 0 Å². The predicted octanol–water partition coefficient (Wildman–Crippen LogP) is 5.89. The average Bonchev–Trinajstić information content (AvgIpc) is 3.34. The van der Waals surface area contributed by atoms with Gasteiger partial charge in [0.1, 0.15) is 17.3 Å². The second kappa shape index (κ2) is 8.60. The Labute approximate surface area is 193 Å². The summed E-state index contributed by atoms with van der Waals surface area (Å²) in [5.74, 6) is 0.847. The van der Waals surface area contributed by atoms with Gasteiger partial charge in [0.2, 0.25) is 0 Å². The zero-order chi connectivity index (χ0) is 23.0. The number of hydrogen-bond donors (Lipinski definition) is 0. The van der Waals surface area contributed by atoms with Crippen molar-refractivity contribution < 1.29 is 18.9 Å². The van der Waals surface area contributed by atoms with Crippen LogP contribution in [0.5, 0.6) is 5.75 Å². The van der Waals surface area contributed by atoms with Crippen LogP contribution in [0.25, 0.3) is 17.4 Å². The van der Waals surface area contributed by atoms with Crippen molar-refractivity contribution in [3.8, 4) is 17.1 Å². The van der Waals surface area contributed by atoms with Crippen molar-refractivity contribution in [2.45, 2.75) is 13.8 Å². The number of amides is 1. The largest absolute Gasteiger partial charge is 0.497 e. The Morgan fingerprint density at radius 2 is 1.91 bits per heavy atom. The molecule has 1 aliphatic rings. The Morgan fingerprint density at radius 1 is 1.12 bits per heavy atom. The molecule has 32 heavy (non-hydrogen) atoms. The molecule has 0 aliphatic carbocycles. The summed E-state index contributed by atoms with van der Waals surface area (Å²) in [6.07, 6.45) is 1.60. The molecule has 4 rings (SSSR count). The molecular formula is C23H18N2O5S2. The maximum absolute atomic E-state index is 13.0. The smallest absolute Gasteiger partial charge is 0.284 e. The van der Waals surface area contributed by atoms with Gasteiger partial charge in [0, 0.05) is 6.08 Å². The number of rotatable bonds is 5. The molecule has 1 amide bonds. The van der Waals surface area contributed by atoms with Crippen LogP contribution in [0.15, 0.2) is 57.9 Å². The number of hydrogen-bond acceptors (Lipinski definition) is 7. The average molecular weight is 467 g/mol. The molecule has 2 aromatic carbocycles. The second-order valence-corrected chi connectivity index (χ2v) is 8.80. The molecular weight excluding hydrogens is 448 g/mol. The highest BCUT2D eigenvalue weighted by Crippen LogP contribution is 2.38. The maximum atomic E-state index is 13.0. The summed E-state index contributed by atoms with van der Waals surface area (Å²) in [5.41, 5.74) is 3.10. The second-order valence-electron chi connectivity index (χ2n) is 7.13. The summed E-state index contributed by atoms with van der Waals surface area (Å²) < 4.78 is 11.3. The lowest BCUT2D eigenvalue weighted by Gasteiger charge is -2.15. The predicted molar refractivity (Wildman–Crippen MR) is 129 cm³/mol. The highest BCUT2D eigenvalue weighted by molar-refractivity contribution is 8.27. The van der Waals surface area contributed by atoms with Gasteiger partial charge in [-0.3, -0.25) is 19.8 Å². The van der Waals surface area contributed by atoms with E-state index in [0.717, 1.165) is 11.1 Å². The molecule has 0 unspecified atom stereocenters. The molecule has 3 aromatic rings. The van der Waals surface area contributed by atoms with Gasteiger partial charge in [0.05, 0.1) is 34.3 Å². The number of nitro benzene ring substituents is 1. The molecule has 0 bridgehead atoms. The topological polar surface area (TPSA) is 85.8 Å². The maximum Gasteiger partial charge on any atom is 0.284 e. The molecule has 0 radical (unpaired) electrons. The Balaban J connectivity index is 1.64. The fraction of sp³-hybridized carbons (Fsp3) is 0.130. The zero-order valence-electron chi connectivity index (χ0n) is 17.4. The third-order valence-corrected chi connectivity index (χ3v) is 6.41. The molecule has 9 heteroatoms. The molecule has 1 saturated heterocycles. The molecule has 2 heterocycles. The number of furan rings is 1. The molecule has 0 spiro atoms. The summed E-state index contributed by atoms with van der Waals surface area (Å²) in [7, 11) is 1.44. The van der Waals surface area contributed by atoms with Crippen LogP contribution in [0.2, 0.25) is 0 Å². The van der Waals surface area contributed by atoms with Crippen LogP contribution in [-0.2, 0) is 4.79 Å². The summed E-state index contributed by atoms with van der Waals surface area (Å²) in [6.45, 7) is 3.99. The monoisotopic (exact) mass is 466 g/mol. The van der Waals surface area contributed by atoms with Crippen LogP contribution >= 0.6 is 24.0 Å². The van der Waals surface area contributed by atoms with Gasteiger partial charge in [0.15, 0.2) is 4.32 Å². The van der Waals surface area contributed by atoms with E-state index in [1.807, 2.05) is 32.0 Å². The van der Waals surface area contributed by atoms with E-state index in [4.69, 9.17) is 21.4 Å². The number of benzene rings is 2. The number of carbonyl (C=O) groups is 1. The highest BCUT2D eigenvalue weighted by atomic mass is 32.2. The minimum atomic E-state index is -0.491. The SMILES string of the molecule is COc1ccc(-c2ccc(C=C3SC(=S)N(c4ccc(C)c(C)c4)C3=O)o2)c([N+](=O)[O-])c1. The normalized spacial score (nSPS) is 15.0. The first-order valence-electron chi connectivity index (χ1n) is 9.56. The number of methoxy groups -OCH3 is 1. The minimum Gasteiger partial charge on any atom is -0.497 e. The number of anilines is 1. The quantitative estimate of drug-likeness (QED) is 0.201. The van der Waals surface area contributed by atoms with Crippen molar-refractivity contribution in [2.75, 3.05) is 12.0 Å². The van der Waals surface area contributed by atoms with Crippen molar-refractivity contribution in [1.82, 2.24) is 0 Å². The van der Waals surface area contributed by atoms with E-state index >= 15 is 0 Å². The molecule has 7 nitrogen and oxygen atoms in total. The molecule has 0 saturated carbocycles. The van der Waals surface area contributed by atoms with Crippen LogP contribution in [-0.4, -0.2) is 22.3 Å². The van der Waals surface area contributed by atoms with Crippen molar-refractivity contribution in [2.24, 2.45) is 0 Å². The van der Waals surface area contributed by atoms with Crippen LogP contribution in [0, 0.1) is 24.0 Å². The zero-order valence-corrected chi connectivity index (χ0v) is 19.1. The first-order chi connectivity index (χ1) is 15.3. The number of thioether (sulfide) groups is 1. The highest BCUT2D eigenvalue weighted by Gasteiger charge is 2.33. The van der Waals surface area contributed by atoms with Gasteiger partial charge in [-0.25, -0.2) is 0 Å². The van der Waals surface area contributed by atoms with Gasteiger partial charge < -0.3 is 9.15 Å². The Hall–Kier alpha value is -3.43. The fourth-order valence-corrected chi connectivity index (χ4v) is 4.54. The lowest BCUT2D eigenvalue weighted by Crippen LogP contribution is -2.27. The number of nitro groups is 1. The van der Waals surface area contributed by atoms with Gasteiger partial charge >= 0.3 is 0 Å². The van der Waals surface area contributed by atoms with Gasteiger partial charge in [0.25, 0.3) is 11.6 Å². The van der Waals surface area contributed by atoms with Gasteiger partial charge in [-0.2, -0.15) is 0 Å². The Kier molecular flexibility index (Phi) is 5.86. The summed E-state index contributed by atoms with van der Waals surface area (Å²) >= 11 is 6.61. The first-order valence-corrected chi connectivity index (χ1v) is 10.8. The van der Waals surface area contributed by atoms with Crippen molar-refractivity contribution in [3.05, 3.63) is 80.4 Å². The standard InChI is InChI=1S/C23H18N2O5S2/c1-13-4-5-15(10-14(13)2)24-22(26)21(32-23(24)31)12-17-7-9-20(30-17)18-8-6-16(29-3)11-19(18)25(27)28/h4-12H,1-3H3. The van der Waals surface area contributed by atoms with E-state index in [9.17, 15) is 14.9 Å². The number of thiocarbonyl (C=S) groups is 1. The van der Waals surface area contributed by atoms with E-state index in [1.165, 1.54) is 29.8 Å². The summed E-state index contributed by atoms with van der Waals surface area (Å²) in [4.78, 5) is 25.9. The molecule has 1 aromatic heterocycles. The van der Waals surface area contributed by atoms with E-state index < -0.39 is 4.92 Å². The molecule has 162 valence electrons. The summed E-state index contributed by atoms with van der Waals surface area (Å²) in [5, 5.41) is 11.5. The minimum absolute atomic E-state index is 0.133. The Morgan fingerprint density at radius 3 is 2.59 bits per heavy atom. The first kappa shape index (κ1) is 21.8. The fourth-order valence-electron chi connectivity index (χ4n) is 3.26.